The van der Waals surface area contributed by atoms with Gasteiger partial charge in [-0.15, -0.1) is 0 Å². The average molecular weight is 283 g/mol. The third kappa shape index (κ3) is 2.11. The normalized spacial score (nSPS) is 28.9. The molecule has 3 aliphatic rings. The van der Waals surface area contributed by atoms with E-state index in [1.54, 1.807) is 0 Å². The highest BCUT2D eigenvalue weighted by Crippen LogP contribution is 2.34. The lowest BCUT2D eigenvalue weighted by molar-refractivity contribution is -0.384. The summed E-state index contributed by atoms with van der Waals surface area (Å²) in [6.45, 7) is 0.845. The number of rotatable bonds is 4. The molecular weight excluding hydrogens is 270 g/mol. The highest BCUT2D eigenvalue weighted by atomic mass is 32.2. The maximum Gasteiger partial charge on any atom is 0.269 e. The molecule has 2 N–H and O–H groups in total. The summed E-state index contributed by atoms with van der Waals surface area (Å²) in [5.74, 6) is 0.359. The first-order chi connectivity index (χ1) is 8.97. The zero-order chi connectivity index (χ0) is 13.6. The highest BCUT2D eigenvalue weighted by molar-refractivity contribution is 7.89. The van der Waals surface area contributed by atoms with E-state index in [1.165, 1.54) is 24.3 Å². The van der Waals surface area contributed by atoms with E-state index in [-0.39, 0.29) is 22.7 Å². The summed E-state index contributed by atoms with van der Waals surface area (Å²) in [6, 6.07) is 5.07. The lowest BCUT2D eigenvalue weighted by Crippen LogP contribution is -2.53. The van der Waals surface area contributed by atoms with Crippen LogP contribution in [0.15, 0.2) is 29.2 Å². The van der Waals surface area contributed by atoms with Crippen molar-refractivity contribution in [1.29, 1.82) is 0 Å². The van der Waals surface area contributed by atoms with Gasteiger partial charge in [0.1, 0.15) is 0 Å². The molecule has 3 atom stereocenters. The summed E-state index contributed by atoms with van der Waals surface area (Å²) in [5.41, 5.74) is -0.121. The van der Waals surface area contributed by atoms with Crippen LogP contribution in [0.5, 0.6) is 0 Å². The molecule has 0 amide bonds. The van der Waals surface area contributed by atoms with Gasteiger partial charge in [0.25, 0.3) is 5.69 Å². The molecule has 0 radical (unpaired) electrons. The van der Waals surface area contributed by atoms with Crippen molar-refractivity contribution in [2.24, 2.45) is 5.92 Å². The van der Waals surface area contributed by atoms with Gasteiger partial charge in [0.2, 0.25) is 10.0 Å². The number of non-ortho nitro benzene ring substituents is 1. The monoisotopic (exact) mass is 283 g/mol. The lowest BCUT2D eigenvalue weighted by Gasteiger charge is -2.34. The van der Waals surface area contributed by atoms with Gasteiger partial charge < -0.3 is 5.32 Å². The van der Waals surface area contributed by atoms with Crippen molar-refractivity contribution in [2.45, 2.75) is 23.4 Å². The predicted octanol–water partition coefficient (Wildman–Crippen LogP) is 0.233. The number of hydrogen-bond donors (Lipinski definition) is 2. The van der Waals surface area contributed by atoms with Crippen LogP contribution in [0, 0.1) is 16.0 Å². The van der Waals surface area contributed by atoms with E-state index in [4.69, 9.17) is 0 Å². The van der Waals surface area contributed by atoms with Crippen LogP contribution in [0.1, 0.15) is 6.42 Å². The quantitative estimate of drug-likeness (QED) is 0.608. The number of nitrogens with one attached hydrogen (secondary N) is 2. The Hall–Kier alpha value is -1.51. The minimum Gasteiger partial charge on any atom is -0.312 e. The van der Waals surface area contributed by atoms with Crippen LogP contribution in [0.3, 0.4) is 0 Å². The number of hydrogen-bond acceptors (Lipinski definition) is 5. The van der Waals surface area contributed by atoms with Crippen molar-refractivity contribution < 1.29 is 13.3 Å². The Bertz CT molecular complexity index is 599. The van der Waals surface area contributed by atoms with Gasteiger partial charge >= 0.3 is 0 Å². The van der Waals surface area contributed by atoms with Crippen molar-refractivity contribution in [3.63, 3.8) is 0 Å². The Balaban J connectivity index is 1.78. The van der Waals surface area contributed by atoms with E-state index in [1.807, 2.05) is 0 Å². The fourth-order valence-electron chi connectivity index (χ4n) is 2.65. The summed E-state index contributed by atoms with van der Waals surface area (Å²) < 4.78 is 26.9. The Morgan fingerprint density at radius 3 is 2.47 bits per heavy atom. The van der Waals surface area contributed by atoms with Crippen molar-refractivity contribution >= 4 is 15.7 Å². The van der Waals surface area contributed by atoms with Crippen LogP contribution in [0.4, 0.5) is 5.69 Å². The first-order valence-electron chi connectivity index (χ1n) is 5.97. The predicted molar refractivity (Wildman–Crippen MR) is 67.1 cm³/mol. The fraction of sp³-hybridized carbons (Fsp3) is 0.455. The molecule has 1 aromatic carbocycles. The molecule has 2 saturated heterocycles. The van der Waals surface area contributed by atoms with Crippen LogP contribution in [-0.2, 0) is 10.0 Å². The smallest absolute Gasteiger partial charge is 0.269 e. The number of fused-ring (bicyclic) bond motifs is 1. The Kier molecular flexibility index (Phi) is 2.80. The van der Waals surface area contributed by atoms with E-state index >= 15 is 0 Å². The molecule has 4 rings (SSSR count). The summed E-state index contributed by atoms with van der Waals surface area (Å²) in [5, 5.41) is 13.7. The molecule has 0 aromatic heterocycles. The minimum atomic E-state index is -3.60. The Morgan fingerprint density at radius 2 is 2.00 bits per heavy atom. The van der Waals surface area contributed by atoms with Crippen LogP contribution in [0.25, 0.3) is 0 Å². The second-order valence-electron chi connectivity index (χ2n) is 4.91. The van der Waals surface area contributed by atoms with Crippen LogP contribution >= 0.6 is 0 Å². The second-order valence-corrected chi connectivity index (χ2v) is 6.62. The number of nitro groups is 1. The summed E-state index contributed by atoms with van der Waals surface area (Å²) in [6.07, 6.45) is 1.01. The molecular formula is C11H13N3O4S. The number of nitro benzene ring substituents is 1. The van der Waals surface area contributed by atoms with Gasteiger partial charge in [-0.3, -0.25) is 10.1 Å². The molecule has 102 valence electrons. The van der Waals surface area contributed by atoms with Gasteiger partial charge in [0.05, 0.1) is 9.82 Å². The lowest BCUT2D eigenvalue weighted by atomic mass is 9.81. The Morgan fingerprint density at radius 1 is 1.32 bits per heavy atom. The molecule has 3 fully saturated rings. The molecule has 0 spiro atoms. The van der Waals surface area contributed by atoms with Crippen molar-refractivity contribution in [2.75, 3.05) is 6.54 Å². The number of benzene rings is 1. The number of nitrogens with zero attached hydrogens (tertiary/aromatic N) is 1. The highest BCUT2D eigenvalue weighted by Gasteiger charge is 2.48. The third-order valence-corrected chi connectivity index (χ3v) is 5.26. The molecule has 2 bridgehead atoms. The van der Waals surface area contributed by atoms with E-state index in [0.29, 0.717) is 5.92 Å². The molecule has 1 aromatic rings. The topological polar surface area (TPSA) is 101 Å². The molecule has 1 aliphatic carbocycles. The minimum absolute atomic E-state index is 0.0554. The van der Waals surface area contributed by atoms with Crippen molar-refractivity contribution in [3.8, 4) is 0 Å². The molecule has 19 heavy (non-hydrogen) atoms. The van der Waals surface area contributed by atoms with Gasteiger partial charge in [-0.1, -0.05) is 0 Å². The van der Waals surface area contributed by atoms with Crippen LogP contribution < -0.4 is 10.0 Å². The first-order valence-corrected chi connectivity index (χ1v) is 7.46. The van der Waals surface area contributed by atoms with Gasteiger partial charge in [0.15, 0.2) is 0 Å². The molecule has 7 nitrogen and oxygen atoms in total. The molecule has 8 heteroatoms. The van der Waals surface area contributed by atoms with E-state index in [9.17, 15) is 18.5 Å². The fourth-order valence-corrected chi connectivity index (χ4v) is 3.99. The van der Waals surface area contributed by atoms with Gasteiger partial charge in [-0.25, -0.2) is 13.1 Å². The molecule has 1 saturated carbocycles. The second kappa shape index (κ2) is 4.26. The van der Waals surface area contributed by atoms with Gasteiger partial charge in [-0.05, 0) is 31.0 Å². The molecule has 2 aliphatic heterocycles. The standard InChI is InChI=1S/C11H13N3O4S/c15-14(16)8-1-3-9(4-2-8)19(17,18)13-11-7-5-10(11)12-6-7/h1-4,7,10-13H,5-6H2. The molecule has 2 heterocycles. The largest absolute Gasteiger partial charge is 0.312 e. The SMILES string of the molecule is O=[N+]([O-])c1ccc(S(=O)(=O)NC2C3CNC2C3)cc1. The summed E-state index contributed by atoms with van der Waals surface area (Å²) >= 11 is 0. The van der Waals surface area contributed by atoms with E-state index in [2.05, 4.69) is 10.0 Å². The van der Waals surface area contributed by atoms with Crippen molar-refractivity contribution in [3.05, 3.63) is 34.4 Å². The average Bonchev–Trinajstić information content (AvgIpc) is 2.99. The van der Waals surface area contributed by atoms with Crippen LogP contribution in [0.2, 0.25) is 0 Å². The summed E-state index contributed by atoms with van der Waals surface area (Å²) in [7, 11) is -3.60. The zero-order valence-corrected chi connectivity index (χ0v) is 10.8. The third-order valence-electron chi connectivity index (χ3n) is 3.79. The van der Waals surface area contributed by atoms with E-state index in [0.717, 1.165) is 13.0 Å². The van der Waals surface area contributed by atoms with Gasteiger partial charge in [-0.2, -0.15) is 0 Å². The van der Waals surface area contributed by atoms with Crippen LogP contribution in [-0.4, -0.2) is 32.0 Å². The maximum atomic E-state index is 12.1. The Labute approximate surface area is 110 Å². The van der Waals surface area contributed by atoms with Crippen molar-refractivity contribution in [1.82, 2.24) is 10.0 Å². The van der Waals surface area contributed by atoms with Gasteiger partial charge in [0, 0.05) is 24.2 Å². The maximum absolute atomic E-state index is 12.1. The first kappa shape index (κ1) is 12.5. The van der Waals surface area contributed by atoms with E-state index < -0.39 is 14.9 Å². The number of sulfonamides is 1. The summed E-state index contributed by atoms with van der Waals surface area (Å²) in [4.78, 5) is 10.0. The zero-order valence-electron chi connectivity index (χ0n) is 9.94. The molecule has 3 unspecified atom stereocenters.